The summed E-state index contributed by atoms with van der Waals surface area (Å²) in [4.78, 5) is 0. The summed E-state index contributed by atoms with van der Waals surface area (Å²) in [6, 6.07) is 6.61. The Balaban J connectivity index is 2.07. The highest BCUT2D eigenvalue weighted by atomic mass is 16.5. The zero-order valence-electron chi connectivity index (χ0n) is 9.31. The fourth-order valence-corrected chi connectivity index (χ4v) is 2.50. The lowest BCUT2D eigenvalue weighted by molar-refractivity contribution is 0.336. The number of anilines is 1. The van der Waals surface area contributed by atoms with E-state index in [1.807, 2.05) is 13.0 Å². The van der Waals surface area contributed by atoms with Crippen LogP contribution in [0.2, 0.25) is 0 Å². The Morgan fingerprint density at radius 2 is 2.12 bits per heavy atom. The Labute approximate surface area is 95.6 Å². The molecule has 16 heavy (non-hydrogen) atoms. The molecule has 1 aliphatic carbocycles. The van der Waals surface area contributed by atoms with Gasteiger partial charge in [-0.25, -0.2) is 0 Å². The van der Waals surface area contributed by atoms with E-state index >= 15 is 0 Å². The lowest BCUT2D eigenvalue weighted by Gasteiger charge is -2.17. The molecule has 1 aliphatic heterocycles. The molecule has 0 bridgehead atoms. The molecule has 3 rings (SSSR count). The van der Waals surface area contributed by atoms with Crippen molar-refractivity contribution < 1.29 is 4.74 Å². The number of benzene rings is 1. The quantitative estimate of drug-likeness (QED) is 0.815. The zero-order valence-corrected chi connectivity index (χ0v) is 9.31. The summed E-state index contributed by atoms with van der Waals surface area (Å²) in [5.74, 6) is 1.43. The monoisotopic (exact) mass is 213 g/mol. The molecule has 0 saturated carbocycles. The van der Waals surface area contributed by atoms with E-state index in [0.29, 0.717) is 18.6 Å². The Morgan fingerprint density at radius 3 is 3.00 bits per heavy atom. The van der Waals surface area contributed by atoms with Gasteiger partial charge in [0.15, 0.2) is 0 Å². The van der Waals surface area contributed by atoms with E-state index < -0.39 is 0 Å². The van der Waals surface area contributed by atoms with Gasteiger partial charge in [-0.2, -0.15) is 0 Å². The average molecular weight is 213 g/mol. The van der Waals surface area contributed by atoms with E-state index in [-0.39, 0.29) is 0 Å². The molecule has 82 valence electrons. The van der Waals surface area contributed by atoms with Gasteiger partial charge in [0.1, 0.15) is 5.75 Å². The van der Waals surface area contributed by atoms with Gasteiger partial charge >= 0.3 is 0 Å². The van der Waals surface area contributed by atoms with Crippen molar-refractivity contribution >= 4 is 5.69 Å². The lowest BCUT2D eigenvalue weighted by atomic mass is 9.91. The van der Waals surface area contributed by atoms with Crippen molar-refractivity contribution in [3.8, 4) is 5.75 Å². The third-order valence-corrected chi connectivity index (χ3v) is 3.16. The molecule has 0 saturated heterocycles. The normalized spacial score (nSPS) is 24.8. The minimum atomic E-state index is 0.390. The summed E-state index contributed by atoms with van der Waals surface area (Å²) in [5.41, 5.74) is 2.51. The van der Waals surface area contributed by atoms with Crippen molar-refractivity contribution in [1.82, 2.24) is 0 Å². The standard InChI is InChI=1S/C14H15NO/c1-2-16-13-9-5-8-12-14(13)10-6-3-4-7-11(10)15-12/h3-11,15H,2H2,1H3. The molecular formula is C14H15NO. The van der Waals surface area contributed by atoms with Crippen molar-refractivity contribution in [3.05, 3.63) is 48.1 Å². The van der Waals surface area contributed by atoms with Gasteiger partial charge in [0.05, 0.1) is 12.6 Å². The third-order valence-electron chi connectivity index (χ3n) is 3.16. The molecule has 1 heterocycles. The van der Waals surface area contributed by atoms with Crippen LogP contribution in [0.25, 0.3) is 0 Å². The van der Waals surface area contributed by atoms with E-state index in [1.54, 1.807) is 0 Å². The molecule has 1 aromatic rings. The van der Waals surface area contributed by atoms with Crippen molar-refractivity contribution in [1.29, 1.82) is 0 Å². The summed E-state index contributed by atoms with van der Waals surface area (Å²) >= 11 is 0. The molecule has 2 nitrogen and oxygen atoms in total. The Morgan fingerprint density at radius 1 is 1.25 bits per heavy atom. The summed E-state index contributed by atoms with van der Waals surface area (Å²) in [6.07, 6.45) is 8.66. The average Bonchev–Trinajstić information content (AvgIpc) is 2.68. The molecule has 0 radical (unpaired) electrons. The molecule has 0 aromatic heterocycles. The number of fused-ring (bicyclic) bond motifs is 3. The minimum Gasteiger partial charge on any atom is -0.493 e. The molecule has 2 heteroatoms. The van der Waals surface area contributed by atoms with Gasteiger partial charge in [-0.1, -0.05) is 30.4 Å². The Kier molecular flexibility index (Phi) is 2.21. The maximum absolute atomic E-state index is 5.70. The van der Waals surface area contributed by atoms with Gasteiger partial charge in [0.25, 0.3) is 0 Å². The first-order valence-corrected chi connectivity index (χ1v) is 5.77. The fraction of sp³-hybridized carbons (Fsp3) is 0.286. The second kappa shape index (κ2) is 3.71. The largest absolute Gasteiger partial charge is 0.493 e. The van der Waals surface area contributed by atoms with Crippen molar-refractivity contribution in [2.24, 2.45) is 0 Å². The zero-order chi connectivity index (χ0) is 11.0. The van der Waals surface area contributed by atoms with Crippen LogP contribution in [0, 0.1) is 0 Å². The van der Waals surface area contributed by atoms with Crippen LogP contribution < -0.4 is 10.1 Å². The van der Waals surface area contributed by atoms with Crippen LogP contribution in [0.5, 0.6) is 5.75 Å². The van der Waals surface area contributed by atoms with Gasteiger partial charge in [0, 0.05) is 17.2 Å². The maximum atomic E-state index is 5.70. The first kappa shape index (κ1) is 9.52. The van der Waals surface area contributed by atoms with E-state index in [1.165, 1.54) is 11.3 Å². The number of hydrogen-bond donors (Lipinski definition) is 1. The van der Waals surface area contributed by atoms with Crippen LogP contribution in [0.3, 0.4) is 0 Å². The number of hydrogen-bond acceptors (Lipinski definition) is 2. The van der Waals surface area contributed by atoms with Crippen molar-refractivity contribution in [3.63, 3.8) is 0 Å². The number of ether oxygens (including phenoxy) is 1. The van der Waals surface area contributed by atoms with Gasteiger partial charge in [-0.3, -0.25) is 0 Å². The molecule has 0 spiro atoms. The number of nitrogens with one attached hydrogen (secondary N) is 1. The second-order valence-corrected chi connectivity index (χ2v) is 4.12. The smallest absolute Gasteiger partial charge is 0.125 e. The Hall–Kier alpha value is -1.70. The first-order valence-electron chi connectivity index (χ1n) is 5.77. The van der Waals surface area contributed by atoms with Crippen LogP contribution >= 0.6 is 0 Å². The van der Waals surface area contributed by atoms with E-state index in [2.05, 4.69) is 41.8 Å². The number of rotatable bonds is 2. The highest BCUT2D eigenvalue weighted by molar-refractivity contribution is 5.67. The molecule has 2 atom stereocenters. The maximum Gasteiger partial charge on any atom is 0.125 e. The lowest BCUT2D eigenvalue weighted by Crippen LogP contribution is -2.17. The molecular weight excluding hydrogens is 198 g/mol. The van der Waals surface area contributed by atoms with Gasteiger partial charge in [-0.05, 0) is 19.1 Å². The predicted molar refractivity (Wildman–Crippen MR) is 66.0 cm³/mol. The highest BCUT2D eigenvalue weighted by Crippen LogP contribution is 2.44. The van der Waals surface area contributed by atoms with Gasteiger partial charge < -0.3 is 10.1 Å². The Bertz CT molecular complexity index is 462. The summed E-state index contributed by atoms with van der Waals surface area (Å²) < 4.78 is 5.70. The summed E-state index contributed by atoms with van der Waals surface area (Å²) in [7, 11) is 0. The van der Waals surface area contributed by atoms with Crippen molar-refractivity contribution in [2.45, 2.75) is 18.9 Å². The SMILES string of the molecule is CCOc1cccc2c1C1C=CC=CC1N2. The molecule has 2 aliphatic rings. The van der Waals surface area contributed by atoms with E-state index in [4.69, 9.17) is 4.74 Å². The third kappa shape index (κ3) is 1.33. The molecule has 0 fully saturated rings. The van der Waals surface area contributed by atoms with Gasteiger partial charge in [0.2, 0.25) is 0 Å². The van der Waals surface area contributed by atoms with Crippen LogP contribution in [-0.2, 0) is 0 Å². The van der Waals surface area contributed by atoms with Crippen LogP contribution in [-0.4, -0.2) is 12.6 Å². The fourth-order valence-electron chi connectivity index (χ4n) is 2.50. The van der Waals surface area contributed by atoms with Gasteiger partial charge in [-0.15, -0.1) is 0 Å². The van der Waals surface area contributed by atoms with Crippen LogP contribution in [0.4, 0.5) is 5.69 Å². The van der Waals surface area contributed by atoms with Crippen LogP contribution in [0.15, 0.2) is 42.5 Å². The first-order chi connectivity index (χ1) is 7.90. The molecule has 1 aromatic carbocycles. The minimum absolute atomic E-state index is 0.390. The summed E-state index contributed by atoms with van der Waals surface area (Å²) in [6.45, 7) is 2.74. The molecule has 0 amide bonds. The van der Waals surface area contributed by atoms with E-state index in [0.717, 1.165) is 5.75 Å². The topological polar surface area (TPSA) is 21.3 Å². The molecule has 2 unspecified atom stereocenters. The predicted octanol–water partition coefficient (Wildman–Crippen LogP) is 3.09. The van der Waals surface area contributed by atoms with Crippen molar-refractivity contribution in [2.75, 3.05) is 11.9 Å². The summed E-state index contributed by atoms with van der Waals surface area (Å²) in [5, 5.41) is 3.52. The molecule has 1 N–H and O–H groups in total. The van der Waals surface area contributed by atoms with Crippen LogP contribution in [0.1, 0.15) is 18.4 Å². The van der Waals surface area contributed by atoms with E-state index in [9.17, 15) is 0 Å². The highest BCUT2D eigenvalue weighted by Gasteiger charge is 2.32. The second-order valence-electron chi connectivity index (χ2n) is 4.12. The number of allylic oxidation sites excluding steroid dienone is 2.